The van der Waals surface area contributed by atoms with Crippen LogP contribution in [0.2, 0.25) is 0 Å². The van der Waals surface area contributed by atoms with E-state index in [-0.39, 0.29) is 5.66 Å². The summed E-state index contributed by atoms with van der Waals surface area (Å²) < 4.78 is 5.21. The Morgan fingerprint density at radius 1 is 1.32 bits per heavy atom. The quantitative estimate of drug-likeness (QED) is 0.822. The van der Waals surface area contributed by atoms with E-state index < -0.39 is 0 Å². The summed E-state index contributed by atoms with van der Waals surface area (Å²) in [5, 5.41) is 9.58. The number of hydroxylamine groups is 1. The summed E-state index contributed by atoms with van der Waals surface area (Å²) in [6.45, 7) is 0. The van der Waals surface area contributed by atoms with Gasteiger partial charge in [-0.3, -0.25) is 4.90 Å². The normalized spacial score (nSPS) is 34.5. The first-order chi connectivity index (χ1) is 9.23. The second-order valence-corrected chi connectivity index (χ2v) is 5.72. The number of rotatable bonds is 3. The number of fused-ring (bicyclic) bond motifs is 1. The van der Waals surface area contributed by atoms with Gasteiger partial charge < -0.3 is 9.94 Å². The van der Waals surface area contributed by atoms with Gasteiger partial charge in [-0.05, 0) is 37.6 Å². The number of hydrogen-bond acceptors (Lipinski definition) is 4. The Hall–Kier alpha value is -1.10. The number of hydrogen-bond donors (Lipinski definition) is 2. The van der Waals surface area contributed by atoms with E-state index in [2.05, 4.69) is 29.6 Å². The highest BCUT2D eigenvalue weighted by molar-refractivity contribution is 5.32. The zero-order valence-corrected chi connectivity index (χ0v) is 11.6. The van der Waals surface area contributed by atoms with Gasteiger partial charge in [0.25, 0.3) is 0 Å². The highest BCUT2D eigenvalue weighted by Gasteiger charge is 2.59. The van der Waals surface area contributed by atoms with Crippen LogP contribution in [-0.2, 0) is 0 Å². The van der Waals surface area contributed by atoms with Gasteiger partial charge in [-0.1, -0.05) is 25.0 Å². The highest BCUT2D eigenvalue weighted by atomic mass is 16.5. The van der Waals surface area contributed by atoms with Gasteiger partial charge in [0.05, 0.1) is 12.8 Å². The first kappa shape index (κ1) is 12.9. The molecular formula is C15H22N2O2. The summed E-state index contributed by atoms with van der Waals surface area (Å²) in [6, 6.07) is 8.69. The van der Waals surface area contributed by atoms with E-state index >= 15 is 0 Å². The Bertz CT molecular complexity index is 448. The topological polar surface area (TPSA) is 44.7 Å². The van der Waals surface area contributed by atoms with Gasteiger partial charge in [-0.15, -0.1) is 0 Å². The van der Waals surface area contributed by atoms with Crippen LogP contribution in [0.1, 0.15) is 37.3 Å². The van der Waals surface area contributed by atoms with Crippen molar-refractivity contribution in [1.29, 1.82) is 0 Å². The van der Waals surface area contributed by atoms with Gasteiger partial charge in [-0.2, -0.15) is 5.48 Å². The lowest BCUT2D eigenvalue weighted by molar-refractivity contribution is -0.215. The van der Waals surface area contributed by atoms with Crippen molar-refractivity contribution in [2.24, 2.45) is 5.92 Å². The molecule has 1 saturated carbocycles. The molecule has 3 rings (SSSR count). The molecule has 19 heavy (non-hydrogen) atoms. The zero-order valence-electron chi connectivity index (χ0n) is 11.6. The molecule has 1 heterocycles. The van der Waals surface area contributed by atoms with Crippen LogP contribution < -0.4 is 10.2 Å². The molecule has 2 N–H and O–H groups in total. The third-order valence-electron chi connectivity index (χ3n) is 5.02. The fourth-order valence-electron chi connectivity index (χ4n) is 3.95. The first-order valence-corrected chi connectivity index (χ1v) is 7.01. The van der Waals surface area contributed by atoms with Crippen LogP contribution in [0.25, 0.3) is 0 Å². The SMILES string of the molecule is COc1ccc([C@@H]2[C@@H]3CCCCC3(NO)N2C)cc1. The van der Waals surface area contributed by atoms with Crippen molar-refractivity contribution in [2.45, 2.75) is 37.4 Å². The molecule has 0 amide bonds. The summed E-state index contributed by atoms with van der Waals surface area (Å²) in [7, 11) is 3.78. The molecule has 2 fully saturated rings. The predicted molar refractivity (Wildman–Crippen MR) is 73.1 cm³/mol. The standard InChI is InChI=1S/C15H22N2O2/c1-17-14(11-6-8-12(19-2)9-7-11)13-5-3-4-10-15(13,17)16-18/h6-9,13-14,16,18H,3-5,10H2,1-2H3/t13-,14+,15?/m0/s1. The van der Waals surface area contributed by atoms with Crippen molar-refractivity contribution in [3.05, 3.63) is 29.8 Å². The number of nitrogens with zero attached hydrogens (tertiary/aromatic N) is 1. The second-order valence-electron chi connectivity index (χ2n) is 5.72. The van der Waals surface area contributed by atoms with Crippen molar-refractivity contribution in [1.82, 2.24) is 10.4 Å². The van der Waals surface area contributed by atoms with Crippen molar-refractivity contribution in [3.63, 3.8) is 0 Å². The minimum Gasteiger partial charge on any atom is -0.497 e. The second kappa shape index (κ2) is 4.78. The van der Waals surface area contributed by atoms with Crippen LogP contribution in [0.5, 0.6) is 5.75 Å². The summed E-state index contributed by atoms with van der Waals surface area (Å²) in [6.07, 6.45) is 4.64. The van der Waals surface area contributed by atoms with Crippen LogP contribution in [0.4, 0.5) is 0 Å². The van der Waals surface area contributed by atoms with Crippen LogP contribution in [0, 0.1) is 5.92 Å². The molecule has 104 valence electrons. The molecule has 0 radical (unpaired) electrons. The lowest BCUT2D eigenvalue weighted by Crippen LogP contribution is -2.74. The fourth-order valence-corrected chi connectivity index (χ4v) is 3.95. The molecule has 3 atom stereocenters. The average Bonchev–Trinajstić information content (AvgIpc) is 2.47. The lowest BCUT2D eigenvalue weighted by atomic mass is 9.64. The maximum absolute atomic E-state index is 9.58. The van der Waals surface area contributed by atoms with E-state index in [0.717, 1.165) is 12.2 Å². The Labute approximate surface area is 114 Å². The first-order valence-electron chi connectivity index (χ1n) is 7.01. The summed E-state index contributed by atoms with van der Waals surface area (Å²) >= 11 is 0. The zero-order chi connectivity index (χ0) is 13.5. The molecule has 4 heteroatoms. The van der Waals surface area contributed by atoms with Gasteiger partial charge in [0.15, 0.2) is 0 Å². The lowest BCUT2D eigenvalue weighted by Gasteiger charge is -2.64. The van der Waals surface area contributed by atoms with Gasteiger partial charge in [-0.25, -0.2) is 0 Å². The minimum atomic E-state index is -0.206. The van der Waals surface area contributed by atoms with E-state index in [4.69, 9.17) is 4.74 Å². The monoisotopic (exact) mass is 262 g/mol. The van der Waals surface area contributed by atoms with E-state index in [1.54, 1.807) is 7.11 Å². The maximum atomic E-state index is 9.58. The Kier molecular flexibility index (Phi) is 3.25. The molecule has 1 aromatic rings. The number of nitrogens with one attached hydrogen (secondary N) is 1. The molecule has 1 unspecified atom stereocenters. The number of methoxy groups -OCH3 is 1. The molecule has 1 aliphatic carbocycles. The van der Waals surface area contributed by atoms with Gasteiger partial charge in [0, 0.05) is 12.0 Å². The molecule has 1 aromatic carbocycles. The van der Waals surface area contributed by atoms with E-state index in [1.165, 1.54) is 24.8 Å². The average molecular weight is 262 g/mol. The van der Waals surface area contributed by atoms with E-state index in [0.29, 0.717) is 12.0 Å². The van der Waals surface area contributed by atoms with Crippen LogP contribution in [0.3, 0.4) is 0 Å². The molecule has 4 nitrogen and oxygen atoms in total. The Balaban J connectivity index is 1.85. The molecule has 0 spiro atoms. The predicted octanol–water partition coefficient (Wildman–Crippen LogP) is 2.55. The molecule has 0 aromatic heterocycles. The number of ether oxygens (including phenoxy) is 1. The van der Waals surface area contributed by atoms with Crippen LogP contribution in [0.15, 0.2) is 24.3 Å². The van der Waals surface area contributed by atoms with E-state index in [1.807, 2.05) is 12.1 Å². The van der Waals surface area contributed by atoms with Gasteiger partial charge in [0.2, 0.25) is 0 Å². The van der Waals surface area contributed by atoms with Crippen molar-refractivity contribution in [2.75, 3.05) is 14.2 Å². The highest BCUT2D eigenvalue weighted by Crippen LogP contribution is 2.55. The van der Waals surface area contributed by atoms with Crippen molar-refractivity contribution < 1.29 is 9.94 Å². The summed E-state index contributed by atoms with van der Waals surface area (Å²) in [4.78, 5) is 2.28. The van der Waals surface area contributed by atoms with E-state index in [9.17, 15) is 5.21 Å². The van der Waals surface area contributed by atoms with Crippen LogP contribution >= 0.6 is 0 Å². The van der Waals surface area contributed by atoms with Crippen LogP contribution in [-0.4, -0.2) is 29.9 Å². The van der Waals surface area contributed by atoms with Crippen molar-refractivity contribution >= 4 is 0 Å². The third kappa shape index (κ3) is 1.78. The molecule has 0 bridgehead atoms. The Morgan fingerprint density at radius 3 is 2.68 bits per heavy atom. The largest absolute Gasteiger partial charge is 0.497 e. The van der Waals surface area contributed by atoms with Gasteiger partial charge >= 0.3 is 0 Å². The maximum Gasteiger partial charge on any atom is 0.118 e. The number of likely N-dealkylation sites (tertiary alicyclic amines) is 1. The molecule has 1 saturated heterocycles. The summed E-state index contributed by atoms with van der Waals surface area (Å²) in [5.41, 5.74) is 3.69. The third-order valence-corrected chi connectivity index (χ3v) is 5.02. The molecule has 2 aliphatic rings. The van der Waals surface area contributed by atoms with Gasteiger partial charge in [0.1, 0.15) is 5.75 Å². The minimum absolute atomic E-state index is 0.206. The molecule has 1 aliphatic heterocycles. The Morgan fingerprint density at radius 2 is 2.05 bits per heavy atom. The van der Waals surface area contributed by atoms with Crippen molar-refractivity contribution in [3.8, 4) is 5.75 Å². The summed E-state index contributed by atoms with van der Waals surface area (Å²) in [5.74, 6) is 1.38. The smallest absolute Gasteiger partial charge is 0.118 e. The number of benzene rings is 1. The molecular weight excluding hydrogens is 240 g/mol. The fraction of sp³-hybridized carbons (Fsp3) is 0.600.